The predicted octanol–water partition coefficient (Wildman–Crippen LogP) is 5.53. The molecule has 0 amide bonds. The van der Waals surface area contributed by atoms with E-state index in [9.17, 15) is 4.79 Å². The molecule has 26 heavy (non-hydrogen) atoms. The molecule has 2 nitrogen and oxygen atoms in total. The van der Waals surface area contributed by atoms with E-state index in [-0.39, 0.29) is 34.5 Å². The fourth-order valence-corrected chi connectivity index (χ4v) is 4.91. The number of carbonyl (C=O) groups is 1. The van der Waals surface area contributed by atoms with E-state index in [2.05, 4.69) is 70.8 Å². The number of hydrogen-bond donors (Lipinski definition) is 0. The van der Waals surface area contributed by atoms with E-state index in [0.29, 0.717) is 6.42 Å². The molecule has 4 atom stereocenters. The third kappa shape index (κ3) is 3.40. The second kappa shape index (κ2) is 6.74. The Labute approximate surface area is 159 Å². The minimum atomic E-state index is -1.94. The van der Waals surface area contributed by atoms with Crippen LogP contribution >= 0.6 is 0 Å². The lowest BCUT2D eigenvalue weighted by atomic mass is 9.67. The highest BCUT2D eigenvalue weighted by atomic mass is 28.4. The molecular weight excluding hydrogens is 336 g/mol. The summed E-state index contributed by atoms with van der Waals surface area (Å²) in [5, 5.41) is 0.141. The van der Waals surface area contributed by atoms with Crippen LogP contribution in [0.5, 0.6) is 0 Å². The molecule has 0 heterocycles. The molecule has 0 saturated heterocycles. The Bertz CT molecular complexity index is 774. The van der Waals surface area contributed by atoms with Crippen LogP contribution in [0.15, 0.2) is 42.2 Å². The van der Waals surface area contributed by atoms with Crippen molar-refractivity contribution >= 4 is 14.1 Å². The van der Waals surface area contributed by atoms with E-state index in [0.717, 1.165) is 5.76 Å². The fourth-order valence-electron chi connectivity index (χ4n) is 3.80. The zero-order valence-electron chi connectivity index (χ0n) is 16.8. The summed E-state index contributed by atoms with van der Waals surface area (Å²) in [4.78, 5) is 12.7. The number of carbonyl (C=O) groups excluding carboxylic acids is 1. The van der Waals surface area contributed by atoms with Crippen LogP contribution in [0.2, 0.25) is 18.1 Å². The van der Waals surface area contributed by atoms with Gasteiger partial charge in [-0.3, -0.25) is 4.79 Å². The average Bonchev–Trinajstić information content (AvgIpc) is 2.65. The zero-order valence-corrected chi connectivity index (χ0v) is 17.8. The maximum atomic E-state index is 12.7. The van der Waals surface area contributed by atoms with E-state index in [4.69, 9.17) is 4.43 Å². The highest BCUT2D eigenvalue weighted by Crippen LogP contribution is 2.48. The van der Waals surface area contributed by atoms with Gasteiger partial charge in [0.25, 0.3) is 0 Å². The van der Waals surface area contributed by atoms with Crippen LogP contribution in [-0.2, 0) is 9.22 Å². The van der Waals surface area contributed by atoms with Crippen LogP contribution in [0.3, 0.4) is 0 Å². The van der Waals surface area contributed by atoms with E-state index in [1.54, 1.807) is 0 Å². The monoisotopic (exact) mass is 366 g/mol. The van der Waals surface area contributed by atoms with Gasteiger partial charge < -0.3 is 4.43 Å². The summed E-state index contributed by atoms with van der Waals surface area (Å²) < 4.78 is 6.76. The molecule has 3 rings (SSSR count). The fraction of sp³-hybridized carbons (Fsp3) is 0.522. The number of allylic oxidation sites excluding steroid dienone is 2. The summed E-state index contributed by atoms with van der Waals surface area (Å²) in [7, 11) is -1.94. The number of fused-ring (bicyclic) bond motifs is 2. The zero-order chi connectivity index (χ0) is 19.1. The lowest BCUT2D eigenvalue weighted by molar-refractivity contribution is -0.119. The summed E-state index contributed by atoms with van der Waals surface area (Å²) in [6.45, 7) is 13.6. The van der Waals surface area contributed by atoms with Crippen LogP contribution in [0.25, 0.3) is 0 Å². The number of Topliss-reactive ketones (excluding diaryl/α,β-unsaturated/α-hetero) is 1. The minimum absolute atomic E-state index is 0.0436. The maximum Gasteiger partial charge on any atom is 0.250 e. The summed E-state index contributed by atoms with van der Waals surface area (Å²) in [6, 6.07) is 10.3. The van der Waals surface area contributed by atoms with Crippen molar-refractivity contribution in [3.8, 4) is 11.8 Å². The first-order valence-electron chi connectivity index (χ1n) is 9.60. The van der Waals surface area contributed by atoms with Gasteiger partial charge in [0.1, 0.15) is 0 Å². The van der Waals surface area contributed by atoms with Gasteiger partial charge in [0, 0.05) is 24.2 Å². The first-order chi connectivity index (χ1) is 12.1. The molecular formula is C23H30O2Si. The molecule has 3 heteroatoms. The topological polar surface area (TPSA) is 26.3 Å². The van der Waals surface area contributed by atoms with E-state index in [1.807, 2.05) is 18.2 Å². The SMILES string of the molecule is C[C@@H]1[C@H]2C(=O)C#CC[C@@H]1C(O[Si](C)(C)C(C)(C)C)=C[C@@H]2c1ccccc1. The van der Waals surface area contributed by atoms with Crippen molar-refractivity contribution in [2.75, 3.05) is 0 Å². The Morgan fingerprint density at radius 3 is 2.42 bits per heavy atom. The summed E-state index contributed by atoms with van der Waals surface area (Å²) in [5.74, 6) is 7.56. The van der Waals surface area contributed by atoms with Crippen LogP contribution < -0.4 is 0 Å². The summed E-state index contributed by atoms with van der Waals surface area (Å²) in [5.41, 5.74) is 1.18. The highest BCUT2D eigenvalue weighted by Gasteiger charge is 2.46. The molecule has 0 aromatic heterocycles. The van der Waals surface area contributed by atoms with Gasteiger partial charge in [0.15, 0.2) is 0 Å². The smallest absolute Gasteiger partial charge is 0.250 e. The maximum absolute atomic E-state index is 12.7. The number of hydrogen-bond acceptors (Lipinski definition) is 2. The molecule has 2 aliphatic carbocycles. The Kier molecular flexibility index (Phi) is 4.92. The van der Waals surface area contributed by atoms with Crippen molar-refractivity contribution in [1.29, 1.82) is 0 Å². The lowest BCUT2D eigenvalue weighted by Crippen LogP contribution is -2.44. The molecule has 0 radical (unpaired) electrons. The van der Waals surface area contributed by atoms with Crippen molar-refractivity contribution < 1.29 is 9.22 Å². The quantitative estimate of drug-likeness (QED) is 0.399. The molecule has 2 aliphatic rings. The normalized spacial score (nSPS) is 28.5. The average molecular weight is 367 g/mol. The van der Waals surface area contributed by atoms with Crippen molar-refractivity contribution in [3.05, 3.63) is 47.7 Å². The number of benzene rings is 1. The van der Waals surface area contributed by atoms with Gasteiger partial charge in [-0.05, 0) is 41.6 Å². The van der Waals surface area contributed by atoms with Gasteiger partial charge >= 0.3 is 0 Å². The molecule has 0 unspecified atom stereocenters. The Hall–Kier alpha value is -1.79. The van der Waals surface area contributed by atoms with Gasteiger partial charge in [-0.25, -0.2) is 0 Å². The molecule has 138 valence electrons. The Balaban J connectivity index is 2.07. The molecule has 0 N–H and O–H groups in total. The summed E-state index contributed by atoms with van der Waals surface area (Å²) >= 11 is 0. The number of rotatable bonds is 3. The molecule has 1 aromatic rings. The highest BCUT2D eigenvalue weighted by molar-refractivity contribution is 6.74. The second-order valence-electron chi connectivity index (χ2n) is 9.23. The van der Waals surface area contributed by atoms with Gasteiger partial charge in [-0.2, -0.15) is 0 Å². The van der Waals surface area contributed by atoms with Crippen LogP contribution in [0.1, 0.15) is 45.6 Å². The second-order valence-corrected chi connectivity index (χ2v) is 14.0. The predicted molar refractivity (Wildman–Crippen MR) is 109 cm³/mol. The molecule has 1 aromatic carbocycles. The van der Waals surface area contributed by atoms with Crippen molar-refractivity contribution in [2.45, 2.75) is 58.2 Å². The van der Waals surface area contributed by atoms with Gasteiger partial charge in [-0.15, -0.1) is 0 Å². The lowest BCUT2D eigenvalue weighted by Gasteiger charge is -2.44. The third-order valence-electron chi connectivity index (χ3n) is 6.50. The molecule has 2 bridgehead atoms. The standard InChI is InChI=1S/C23H30O2Si/c1-16-18-13-10-14-20(24)22(16)19(17-11-8-7-9-12-17)15-21(18)25-26(5,6)23(2,3)4/h7-9,11-12,15-16,18-19,22H,13H2,1-6H3/t16-,18-,19+,22+/m0/s1. The Morgan fingerprint density at radius 2 is 1.81 bits per heavy atom. The molecule has 0 aliphatic heterocycles. The van der Waals surface area contributed by atoms with Crippen molar-refractivity contribution in [3.63, 3.8) is 0 Å². The largest absolute Gasteiger partial charge is 0.546 e. The van der Waals surface area contributed by atoms with E-state index in [1.165, 1.54) is 5.56 Å². The van der Waals surface area contributed by atoms with Crippen molar-refractivity contribution in [1.82, 2.24) is 0 Å². The first kappa shape index (κ1) is 19.0. The molecule has 0 fully saturated rings. The van der Waals surface area contributed by atoms with E-state index < -0.39 is 8.32 Å². The first-order valence-corrected chi connectivity index (χ1v) is 12.5. The van der Waals surface area contributed by atoms with Crippen molar-refractivity contribution in [2.24, 2.45) is 17.8 Å². The number of ketones is 1. The molecule has 0 saturated carbocycles. The van der Waals surface area contributed by atoms with Gasteiger partial charge in [0.05, 0.1) is 5.76 Å². The van der Waals surface area contributed by atoms with E-state index >= 15 is 0 Å². The van der Waals surface area contributed by atoms with Crippen LogP contribution in [0, 0.1) is 29.6 Å². The summed E-state index contributed by atoms with van der Waals surface area (Å²) in [6.07, 6.45) is 2.95. The Morgan fingerprint density at radius 1 is 1.15 bits per heavy atom. The van der Waals surface area contributed by atoms with Crippen LogP contribution in [-0.4, -0.2) is 14.1 Å². The third-order valence-corrected chi connectivity index (χ3v) is 10.9. The molecule has 0 spiro atoms. The van der Waals surface area contributed by atoms with Crippen LogP contribution in [0.4, 0.5) is 0 Å². The minimum Gasteiger partial charge on any atom is -0.546 e. The van der Waals surface area contributed by atoms with Gasteiger partial charge in [0.2, 0.25) is 14.1 Å². The van der Waals surface area contributed by atoms with Gasteiger partial charge in [-0.1, -0.05) is 63.9 Å².